The van der Waals surface area contributed by atoms with E-state index < -0.39 is 9.84 Å². The molecule has 0 atom stereocenters. The Kier molecular flexibility index (Phi) is 5.82. The Morgan fingerprint density at radius 1 is 1.10 bits per heavy atom. The number of nitrogens with zero attached hydrogens (tertiary/aromatic N) is 5. The number of amides is 1. The molecule has 0 aromatic carbocycles. The minimum atomic E-state index is -3.43. The third-order valence-corrected chi connectivity index (χ3v) is 7.33. The topological polar surface area (TPSA) is 96.4 Å². The van der Waals surface area contributed by atoms with Crippen molar-refractivity contribution in [3.63, 3.8) is 0 Å². The fraction of sp³-hybridized carbons (Fsp3) is 0.579. The Balaban J connectivity index is 1.55. The number of thiazole rings is 1. The molecule has 0 radical (unpaired) electrons. The van der Waals surface area contributed by atoms with Gasteiger partial charge in [0.2, 0.25) is 5.95 Å². The van der Waals surface area contributed by atoms with Crippen LogP contribution in [-0.2, 0) is 9.84 Å². The summed E-state index contributed by atoms with van der Waals surface area (Å²) in [4.78, 5) is 29.9. The van der Waals surface area contributed by atoms with E-state index in [9.17, 15) is 13.2 Å². The van der Waals surface area contributed by atoms with Crippen LogP contribution in [0.2, 0.25) is 0 Å². The first-order chi connectivity index (χ1) is 13.9. The smallest absolute Gasteiger partial charge is 0.273 e. The number of hydrogen-bond acceptors (Lipinski definition) is 8. The lowest BCUT2D eigenvalue weighted by Crippen LogP contribution is -2.38. The molecule has 2 aromatic heterocycles. The number of sulfone groups is 1. The lowest BCUT2D eigenvalue weighted by atomic mass is 9.93. The molecule has 0 bridgehead atoms. The van der Waals surface area contributed by atoms with Crippen LogP contribution < -0.4 is 4.90 Å². The summed E-state index contributed by atoms with van der Waals surface area (Å²) in [6.07, 6.45) is 7.43. The fourth-order valence-corrected chi connectivity index (χ4v) is 5.40. The Labute approximate surface area is 174 Å². The van der Waals surface area contributed by atoms with E-state index >= 15 is 0 Å². The van der Waals surface area contributed by atoms with Gasteiger partial charge >= 0.3 is 0 Å². The van der Waals surface area contributed by atoms with Crippen LogP contribution in [-0.4, -0.2) is 66.6 Å². The van der Waals surface area contributed by atoms with E-state index in [0.29, 0.717) is 43.3 Å². The predicted molar refractivity (Wildman–Crippen MR) is 111 cm³/mol. The van der Waals surface area contributed by atoms with Crippen molar-refractivity contribution >= 4 is 33.0 Å². The van der Waals surface area contributed by atoms with Crippen molar-refractivity contribution in [1.82, 2.24) is 19.9 Å². The van der Waals surface area contributed by atoms with Gasteiger partial charge < -0.3 is 9.80 Å². The van der Waals surface area contributed by atoms with Crippen molar-refractivity contribution in [3.8, 4) is 0 Å². The first kappa shape index (κ1) is 20.2. The SMILES string of the molecule is CS(=O)(=O)c1cnc(N2CCCCC2)nc1C1CCN(C(=O)c2cscn2)CC1. The molecule has 0 spiro atoms. The molecule has 8 nitrogen and oxygen atoms in total. The molecule has 4 heterocycles. The van der Waals surface area contributed by atoms with Crippen molar-refractivity contribution in [2.45, 2.75) is 42.9 Å². The highest BCUT2D eigenvalue weighted by molar-refractivity contribution is 7.90. The highest BCUT2D eigenvalue weighted by Gasteiger charge is 2.30. The normalized spacial score (nSPS) is 18.8. The standard InChI is InChI=1S/C19H25N5O3S2/c1-29(26,27)16-11-20-19(24-7-3-2-4-8-24)22-17(16)14-5-9-23(10-6-14)18(25)15-12-28-13-21-15/h11-14H,2-10H2,1H3. The van der Waals surface area contributed by atoms with E-state index in [-0.39, 0.29) is 16.7 Å². The molecule has 29 heavy (non-hydrogen) atoms. The van der Waals surface area contributed by atoms with Gasteiger partial charge in [0.1, 0.15) is 10.6 Å². The monoisotopic (exact) mass is 435 g/mol. The maximum atomic E-state index is 12.5. The van der Waals surface area contributed by atoms with Gasteiger partial charge in [0.25, 0.3) is 5.91 Å². The van der Waals surface area contributed by atoms with Gasteiger partial charge in [-0.25, -0.2) is 23.4 Å². The van der Waals surface area contributed by atoms with Gasteiger partial charge in [-0.3, -0.25) is 4.79 Å². The Hall–Kier alpha value is -2.07. The molecule has 2 aromatic rings. The van der Waals surface area contributed by atoms with Crippen molar-refractivity contribution in [3.05, 3.63) is 28.5 Å². The van der Waals surface area contributed by atoms with Crippen LogP contribution in [0.3, 0.4) is 0 Å². The quantitative estimate of drug-likeness (QED) is 0.727. The largest absolute Gasteiger partial charge is 0.341 e. The van der Waals surface area contributed by atoms with Crippen molar-refractivity contribution in [2.24, 2.45) is 0 Å². The molecular formula is C19H25N5O3S2. The third-order valence-electron chi connectivity index (χ3n) is 5.63. The van der Waals surface area contributed by atoms with Gasteiger partial charge in [-0.1, -0.05) is 0 Å². The number of carbonyl (C=O) groups excluding carboxylic acids is 1. The molecule has 1 amide bonds. The summed E-state index contributed by atoms with van der Waals surface area (Å²) in [5, 5.41) is 1.76. The Bertz CT molecular complexity index is 964. The number of carbonyl (C=O) groups is 1. The van der Waals surface area contributed by atoms with Gasteiger partial charge in [-0.15, -0.1) is 11.3 Å². The summed E-state index contributed by atoms with van der Waals surface area (Å²) < 4.78 is 24.7. The fourth-order valence-electron chi connectivity index (χ4n) is 4.03. The molecule has 0 N–H and O–H groups in total. The summed E-state index contributed by atoms with van der Waals surface area (Å²) >= 11 is 1.40. The molecule has 2 fully saturated rings. The van der Waals surface area contributed by atoms with E-state index in [4.69, 9.17) is 4.98 Å². The Morgan fingerprint density at radius 2 is 1.83 bits per heavy atom. The maximum Gasteiger partial charge on any atom is 0.273 e. The van der Waals surface area contributed by atoms with Gasteiger partial charge in [0.05, 0.1) is 17.4 Å². The average molecular weight is 436 g/mol. The molecule has 4 rings (SSSR count). The maximum absolute atomic E-state index is 12.5. The second-order valence-electron chi connectivity index (χ2n) is 7.68. The first-order valence-electron chi connectivity index (χ1n) is 9.93. The van der Waals surface area contributed by atoms with Crippen LogP contribution in [0.4, 0.5) is 5.95 Å². The first-order valence-corrected chi connectivity index (χ1v) is 12.8. The van der Waals surface area contributed by atoms with E-state index in [1.165, 1.54) is 30.2 Å². The van der Waals surface area contributed by atoms with Gasteiger partial charge in [-0.2, -0.15) is 0 Å². The average Bonchev–Trinajstić information content (AvgIpc) is 3.28. The van der Waals surface area contributed by atoms with Crippen LogP contribution >= 0.6 is 11.3 Å². The van der Waals surface area contributed by atoms with Crippen molar-refractivity contribution in [1.29, 1.82) is 0 Å². The number of hydrogen-bond donors (Lipinski definition) is 0. The number of aromatic nitrogens is 3. The third kappa shape index (κ3) is 4.42. The second-order valence-corrected chi connectivity index (χ2v) is 10.4. The van der Waals surface area contributed by atoms with E-state index in [2.05, 4.69) is 14.9 Å². The second kappa shape index (κ2) is 8.35. The summed E-state index contributed by atoms with van der Waals surface area (Å²) in [7, 11) is -3.43. The summed E-state index contributed by atoms with van der Waals surface area (Å²) in [5.74, 6) is 0.545. The number of anilines is 1. The summed E-state index contributed by atoms with van der Waals surface area (Å²) in [6, 6.07) is 0. The van der Waals surface area contributed by atoms with E-state index in [0.717, 1.165) is 25.9 Å². The van der Waals surface area contributed by atoms with Crippen LogP contribution in [0.15, 0.2) is 22.0 Å². The van der Waals surface area contributed by atoms with Crippen molar-refractivity contribution in [2.75, 3.05) is 37.3 Å². The zero-order valence-corrected chi connectivity index (χ0v) is 18.1. The van der Waals surface area contributed by atoms with Gasteiger partial charge in [0.15, 0.2) is 9.84 Å². The molecule has 0 unspecified atom stereocenters. The minimum Gasteiger partial charge on any atom is -0.341 e. The molecule has 2 aliphatic rings. The van der Waals surface area contributed by atoms with E-state index in [1.807, 2.05) is 0 Å². The number of rotatable bonds is 4. The molecule has 156 valence electrons. The van der Waals surface area contributed by atoms with Gasteiger partial charge in [-0.05, 0) is 32.1 Å². The molecule has 2 saturated heterocycles. The Morgan fingerprint density at radius 3 is 2.45 bits per heavy atom. The highest BCUT2D eigenvalue weighted by atomic mass is 32.2. The van der Waals surface area contributed by atoms with Crippen LogP contribution in [0, 0.1) is 0 Å². The van der Waals surface area contributed by atoms with Crippen LogP contribution in [0.25, 0.3) is 0 Å². The van der Waals surface area contributed by atoms with Crippen LogP contribution in [0.1, 0.15) is 54.2 Å². The molecule has 0 aliphatic carbocycles. The predicted octanol–water partition coefficient (Wildman–Crippen LogP) is 2.35. The number of piperidine rings is 2. The highest BCUT2D eigenvalue weighted by Crippen LogP contribution is 2.32. The molecule has 0 saturated carbocycles. The summed E-state index contributed by atoms with van der Waals surface area (Å²) in [6.45, 7) is 2.93. The van der Waals surface area contributed by atoms with Gasteiger partial charge in [0, 0.05) is 43.7 Å². The molecule has 10 heteroatoms. The zero-order chi connectivity index (χ0) is 20.4. The lowest BCUT2D eigenvalue weighted by molar-refractivity contribution is 0.0706. The van der Waals surface area contributed by atoms with Crippen LogP contribution in [0.5, 0.6) is 0 Å². The summed E-state index contributed by atoms with van der Waals surface area (Å²) in [5.41, 5.74) is 2.73. The molecule has 2 aliphatic heterocycles. The van der Waals surface area contributed by atoms with E-state index in [1.54, 1.807) is 15.8 Å². The lowest BCUT2D eigenvalue weighted by Gasteiger charge is -2.33. The minimum absolute atomic E-state index is 0.00857. The number of likely N-dealkylation sites (tertiary alicyclic amines) is 1. The zero-order valence-electron chi connectivity index (χ0n) is 16.5. The van der Waals surface area contributed by atoms with Crippen molar-refractivity contribution < 1.29 is 13.2 Å². The molecular weight excluding hydrogens is 410 g/mol.